The number of benzene rings is 2. The molecule has 0 aliphatic heterocycles. The fourth-order valence-electron chi connectivity index (χ4n) is 4.08. The second kappa shape index (κ2) is 10.1. The molecule has 3 amide bonds. The summed E-state index contributed by atoms with van der Waals surface area (Å²) in [6.07, 6.45) is 4.99. The Morgan fingerprint density at radius 3 is 2.33 bits per heavy atom. The molecule has 172 valence electrons. The van der Waals surface area contributed by atoms with E-state index in [9.17, 15) is 14.4 Å². The lowest BCUT2D eigenvalue weighted by atomic mass is 9.95. The SMILES string of the molecule is Cc1cc(Br)ccc1NC(=O)c1cc2cc(Br)ccc2n1NC(=O)C(=O)NC1CCCCC1. The van der Waals surface area contributed by atoms with Crippen LogP contribution in [0.15, 0.2) is 51.4 Å². The number of halogens is 2. The van der Waals surface area contributed by atoms with E-state index in [1.165, 1.54) is 4.68 Å². The van der Waals surface area contributed by atoms with Gasteiger partial charge < -0.3 is 10.6 Å². The van der Waals surface area contributed by atoms with Gasteiger partial charge in [-0.25, -0.2) is 4.68 Å². The summed E-state index contributed by atoms with van der Waals surface area (Å²) in [6.45, 7) is 1.89. The van der Waals surface area contributed by atoms with Gasteiger partial charge in [0.05, 0.1) is 5.52 Å². The van der Waals surface area contributed by atoms with Crippen LogP contribution in [0.1, 0.15) is 48.2 Å². The monoisotopic (exact) mass is 574 g/mol. The van der Waals surface area contributed by atoms with E-state index < -0.39 is 17.7 Å². The highest BCUT2D eigenvalue weighted by Gasteiger charge is 2.24. The maximum atomic E-state index is 13.2. The van der Waals surface area contributed by atoms with Crippen LogP contribution >= 0.6 is 31.9 Å². The molecule has 0 unspecified atom stereocenters. The maximum Gasteiger partial charge on any atom is 0.328 e. The predicted octanol–water partition coefficient (Wildman–Crippen LogP) is 5.25. The number of hydrogen-bond donors (Lipinski definition) is 3. The summed E-state index contributed by atoms with van der Waals surface area (Å²) in [6, 6.07) is 12.7. The van der Waals surface area contributed by atoms with Gasteiger partial charge in [0.25, 0.3) is 5.91 Å². The first-order chi connectivity index (χ1) is 15.8. The molecule has 1 saturated carbocycles. The highest BCUT2D eigenvalue weighted by atomic mass is 79.9. The van der Waals surface area contributed by atoms with Crippen molar-refractivity contribution in [1.29, 1.82) is 0 Å². The second-order valence-corrected chi connectivity index (χ2v) is 10.1. The average Bonchev–Trinajstić information content (AvgIpc) is 3.13. The third-order valence-corrected chi connectivity index (χ3v) is 6.78. The Labute approximate surface area is 208 Å². The standard InChI is InChI=1S/C24H24Br2N4O3/c1-14-11-16(25)7-9-19(14)28-22(31)21-13-15-12-17(26)8-10-20(15)30(21)29-24(33)23(32)27-18-5-3-2-4-6-18/h7-13,18H,2-6H2,1H3,(H,27,32)(H,28,31)(H,29,33). The van der Waals surface area contributed by atoms with E-state index in [4.69, 9.17) is 0 Å². The first-order valence-electron chi connectivity index (χ1n) is 10.8. The summed E-state index contributed by atoms with van der Waals surface area (Å²) in [5, 5.41) is 6.45. The summed E-state index contributed by atoms with van der Waals surface area (Å²) in [5.74, 6) is -1.91. The molecule has 33 heavy (non-hydrogen) atoms. The van der Waals surface area contributed by atoms with Crippen molar-refractivity contribution in [1.82, 2.24) is 9.99 Å². The van der Waals surface area contributed by atoms with Crippen molar-refractivity contribution in [3.05, 3.63) is 62.7 Å². The number of aryl methyl sites for hydroxylation is 1. The molecule has 7 nitrogen and oxygen atoms in total. The zero-order valence-corrected chi connectivity index (χ0v) is 21.3. The van der Waals surface area contributed by atoms with E-state index in [0.717, 1.165) is 52.0 Å². The van der Waals surface area contributed by atoms with Crippen LogP contribution in [0.4, 0.5) is 5.69 Å². The van der Waals surface area contributed by atoms with Crippen molar-refractivity contribution < 1.29 is 14.4 Å². The van der Waals surface area contributed by atoms with Gasteiger partial charge >= 0.3 is 11.8 Å². The summed E-state index contributed by atoms with van der Waals surface area (Å²) < 4.78 is 3.12. The molecule has 0 saturated heterocycles. The summed E-state index contributed by atoms with van der Waals surface area (Å²) >= 11 is 6.86. The zero-order valence-electron chi connectivity index (χ0n) is 18.1. The summed E-state index contributed by atoms with van der Waals surface area (Å²) in [7, 11) is 0. The molecule has 0 atom stereocenters. The minimum Gasteiger partial charge on any atom is -0.345 e. The number of carbonyl (C=O) groups excluding carboxylic acids is 3. The molecule has 0 bridgehead atoms. The summed E-state index contributed by atoms with van der Waals surface area (Å²) in [5.41, 5.74) is 4.98. The van der Waals surface area contributed by atoms with Crippen molar-refractivity contribution in [2.45, 2.75) is 45.1 Å². The van der Waals surface area contributed by atoms with Gasteiger partial charge in [0.15, 0.2) is 0 Å². The average molecular weight is 576 g/mol. The van der Waals surface area contributed by atoms with Gasteiger partial charge in [-0.05, 0) is 67.8 Å². The lowest BCUT2D eigenvalue weighted by Gasteiger charge is -2.22. The Bertz CT molecular complexity index is 1230. The minimum absolute atomic E-state index is 0.0116. The molecular weight excluding hydrogens is 552 g/mol. The highest BCUT2D eigenvalue weighted by Crippen LogP contribution is 2.25. The van der Waals surface area contributed by atoms with Crippen molar-refractivity contribution >= 4 is 66.2 Å². The molecular formula is C24H24Br2N4O3. The number of rotatable bonds is 4. The van der Waals surface area contributed by atoms with Gasteiger partial charge in [-0.3, -0.25) is 19.8 Å². The number of carbonyl (C=O) groups is 3. The van der Waals surface area contributed by atoms with Crippen LogP contribution < -0.4 is 16.1 Å². The topological polar surface area (TPSA) is 92.2 Å². The van der Waals surface area contributed by atoms with Crippen molar-refractivity contribution in [3.8, 4) is 0 Å². The van der Waals surface area contributed by atoms with Gasteiger partial charge in [0.2, 0.25) is 0 Å². The number of aromatic nitrogens is 1. The molecule has 0 spiro atoms. The first-order valence-corrected chi connectivity index (χ1v) is 12.4. The molecule has 4 rings (SSSR count). The summed E-state index contributed by atoms with van der Waals surface area (Å²) in [4.78, 5) is 38.4. The molecule has 1 aromatic heterocycles. The number of hydrogen-bond acceptors (Lipinski definition) is 3. The molecule has 3 aromatic rings. The number of fused-ring (bicyclic) bond motifs is 1. The zero-order chi connectivity index (χ0) is 23.5. The molecule has 9 heteroatoms. The quantitative estimate of drug-likeness (QED) is 0.371. The second-order valence-electron chi connectivity index (χ2n) is 8.23. The van der Waals surface area contributed by atoms with E-state index in [1.807, 2.05) is 31.2 Å². The molecule has 0 radical (unpaired) electrons. The number of nitrogens with one attached hydrogen (secondary N) is 3. The Kier molecular flexibility index (Phi) is 7.19. The van der Waals surface area contributed by atoms with E-state index in [2.05, 4.69) is 47.9 Å². The lowest BCUT2D eigenvalue weighted by Crippen LogP contribution is -2.44. The van der Waals surface area contributed by atoms with E-state index in [-0.39, 0.29) is 11.7 Å². The van der Waals surface area contributed by atoms with Crippen LogP contribution in [-0.4, -0.2) is 28.4 Å². The number of amides is 3. The first kappa shape index (κ1) is 23.5. The van der Waals surface area contributed by atoms with Crippen LogP contribution in [0.5, 0.6) is 0 Å². The maximum absolute atomic E-state index is 13.2. The molecule has 3 N–H and O–H groups in total. The Morgan fingerprint density at radius 2 is 1.61 bits per heavy atom. The molecule has 1 heterocycles. The van der Waals surface area contributed by atoms with Gasteiger partial charge in [-0.1, -0.05) is 51.1 Å². The van der Waals surface area contributed by atoms with Gasteiger partial charge in [-0.15, -0.1) is 0 Å². The van der Waals surface area contributed by atoms with Crippen molar-refractivity contribution in [3.63, 3.8) is 0 Å². The van der Waals surface area contributed by atoms with E-state index in [1.54, 1.807) is 18.2 Å². The third-order valence-electron chi connectivity index (χ3n) is 5.79. The fraction of sp³-hybridized carbons (Fsp3) is 0.292. The minimum atomic E-state index is -0.810. The Morgan fingerprint density at radius 1 is 0.909 bits per heavy atom. The molecule has 1 fully saturated rings. The van der Waals surface area contributed by atoms with Gasteiger partial charge in [0, 0.05) is 26.1 Å². The highest BCUT2D eigenvalue weighted by molar-refractivity contribution is 9.10. The molecule has 1 aliphatic carbocycles. The fourth-order valence-corrected chi connectivity index (χ4v) is 4.93. The Hall–Kier alpha value is -2.65. The van der Waals surface area contributed by atoms with Crippen molar-refractivity contribution in [2.75, 3.05) is 10.7 Å². The number of nitrogens with zero attached hydrogens (tertiary/aromatic N) is 1. The lowest BCUT2D eigenvalue weighted by molar-refractivity contribution is -0.137. The third kappa shape index (κ3) is 5.47. The number of anilines is 1. The van der Waals surface area contributed by atoms with Crippen LogP contribution in [0.2, 0.25) is 0 Å². The normalized spacial score (nSPS) is 14.2. The molecule has 1 aliphatic rings. The van der Waals surface area contributed by atoms with E-state index in [0.29, 0.717) is 11.2 Å². The predicted molar refractivity (Wildman–Crippen MR) is 136 cm³/mol. The van der Waals surface area contributed by atoms with Gasteiger partial charge in [0.1, 0.15) is 5.69 Å². The van der Waals surface area contributed by atoms with Crippen LogP contribution in [0.3, 0.4) is 0 Å². The molecule has 2 aromatic carbocycles. The van der Waals surface area contributed by atoms with Crippen LogP contribution in [0, 0.1) is 6.92 Å². The van der Waals surface area contributed by atoms with Crippen LogP contribution in [0.25, 0.3) is 10.9 Å². The smallest absolute Gasteiger partial charge is 0.328 e. The van der Waals surface area contributed by atoms with Crippen molar-refractivity contribution in [2.24, 2.45) is 0 Å². The Balaban J connectivity index is 1.60. The largest absolute Gasteiger partial charge is 0.345 e. The van der Waals surface area contributed by atoms with Crippen LogP contribution in [-0.2, 0) is 9.59 Å². The van der Waals surface area contributed by atoms with E-state index >= 15 is 0 Å². The van der Waals surface area contributed by atoms with Gasteiger partial charge in [-0.2, -0.15) is 0 Å².